The van der Waals surface area contributed by atoms with E-state index >= 15 is 0 Å². The average Bonchev–Trinajstić information content (AvgIpc) is 3.81. The van der Waals surface area contributed by atoms with Crippen molar-refractivity contribution in [3.05, 3.63) is 79.7 Å². The van der Waals surface area contributed by atoms with Gasteiger partial charge in [-0.25, -0.2) is 9.97 Å². The molecule has 2 aliphatic rings. The van der Waals surface area contributed by atoms with E-state index in [0.717, 1.165) is 78.5 Å². The summed E-state index contributed by atoms with van der Waals surface area (Å²) in [6.45, 7) is 6.35. The molecule has 1 unspecified atom stereocenters. The summed E-state index contributed by atoms with van der Waals surface area (Å²) in [5, 5.41) is 31.0. The summed E-state index contributed by atoms with van der Waals surface area (Å²) in [4.78, 5) is 32.3. The minimum Gasteiger partial charge on any atom is -0.333 e. The molecule has 44 heavy (non-hydrogen) atoms. The van der Waals surface area contributed by atoms with Gasteiger partial charge in [-0.2, -0.15) is 4.39 Å². The third-order valence-corrected chi connectivity index (χ3v) is 8.67. The van der Waals surface area contributed by atoms with Gasteiger partial charge in [0.25, 0.3) is 11.8 Å². The van der Waals surface area contributed by atoms with Crippen LogP contribution < -0.4 is 21.6 Å². The number of aryl methyl sites for hydroxylation is 1. The van der Waals surface area contributed by atoms with Crippen molar-refractivity contribution in [2.45, 2.75) is 65.2 Å². The van der Waals surface area contributed by atoms with Gasteiger partial charge in [-0.1, -0.05) is 38.5 Å². The van der Waals surface area contributed by atoms with Crippen LogP contribution in [0.5, 0.6) is 0 Å². The molecule has 2 amide bonds. The summed E-state index contributed by atoms with van der Waals surface area (Å²) in [5.74, 6) is -0.430. The van der Waals surface area contributed by atoms with Crippen LogP contribution in [-0.4, -0.2) is 37.3 Å². The number of fused-ring (bicyclic) bond motifs is 2. The molecule has 0 bridgehead atoms. The molecule has 0 aromatic carbocycles. The molecular weight excluding hydrogens is 602 g/mol. The van der Waals surface area contributed by atoms with E-state index in [0.29, 0.717) is 16.6 Å². The molecule has 0 saturated heterocycles. The molecule has 5 N–H and O–H groups in total. The fourth-order valence-electron chi connectivity index (χ4n) is 5.17. The third kappa shape index (κ3) is 7.08. The Labute approximate surface area is 262 Å². The lowest BCUT2D eigenvalue weighted by atomic mass is 10.0. The first kappa shape index (κ1) is 32.6. The number of aromatic nitrogens is 4. The maximum absolute atomic E-state index is 12.9. The number of halogens is 1. The Balaban J connectivity index is 0.000000185. The molecule has 11 nitrogen and oxygen atoms in total. The van der Waals surface area contributed by atoms with Gasteiger partial charge in [-0.3, -0.25) is 41.0 Å². The molecule has 232 valence electrons. The van der Waals surface area contributed by atoms with E-state index < -0.39 is 11.0 Å². The van der Waals surface area contributed by atoms with E-state index in [2.05, 4.69) is 41.4 Å². The first-order valence-electron chi connectivity index (χ1n) is 14.3. The van der Waals surface area contributed by atoms with Gasteiger partial charge in [0, 0.05) is 30.0 Å². The number of rotatable bonds is 5. The summed E-state index contributed by atoms with van der Waals surface area (Å²) < 4.78 is 16.1. The van der Waals surface area contributed by atoms with Crippen molar-refractivity contribution in [2.75, 3.05) is 10.6 Å². The lowest BCUT2D eigenvalue weighted by Gasteiger charge is -2.13. The summed E-state index contributed by atoms with van der Waals surface area (Å²) >= 11 is 2.10. The van der Waals surface area contributed by atoms with Gasteiger partial charge >= 0.3 is 0 Å². The zero-order valence-corrected chi connectivity index (χ0v) is 26.7. The molecule has 4 aromatic rings. The van der Waals surface area contributed by atoms with Crippen molar-refractivity contribution < 1.29 is 14.0 Å². The smallest absolute Gasteiger partial charge is 0.261 e. The molecular formula is C30H36FN9O2S2. The molecule has 0 saturated carbocycles. The topological polar surface area (TPSA) is 165 Å². The van der Waals surface area contributed by atoms with Crippen LogP contribution in [0.25, 0.3) is 0 Å². The average molecular weight is 638 g/mol. The van der Waals surface area contributed by atoms with Crippen molar-refractivity contribution in [1.82, 2.24) is 19.1 Å². The third-order valence-electron chi connectivity index (χ3n) is 7.28. The maximum Gasteiger partial charge on any atom is 0.261 e. The Morgan fingerprint density at radius 3 is 2.34 bits per heavy atom. The van der Waals surface area contributed by atoms with Crippen molar-refractivity contribution in [3.8, 4) is 0 Å². The molecule has 2 aliphatic carbocycles. The monoisotopic (exact) mass is 637 g/mol. The molecule has 4 heterocycles. The normalized spacial score (nSPS) is 14.3. The fourth-order valence-corrected chi connectivity index (χ4v) is 6.24. The molecule has 0 aliphatic heterocycles. The van der Waals surface area contributed by atoms with Crippen LogP contribution in [0.3, 0.4) is 0 Å². The van der Waals surface area contributed by atoms with Crippen LogP contribution in [-0.2, 0) is 26.3 Å². The molecule has 0 fully saturated rings. The number of carbonyl (C=O) groups excluding carboxylic acids is 2. The van der Waals surface area contributed by atoms with E-state index in [1.165, 1.54) is 22.3 Å². The minimum atomic E-state index is -0.453. The van der Waals surface area contributed by atoms with Crippen LogP contribution in [0.4, 0.5) is 14.7 Å². The van der Waals surface area contributed by atoms with Gasteiger partial charge in [0.2, 0.25) is 0 Å². The van der Waals surface area contributed by atoms with E-state index in [-0.39, 0.29) is 27.6 Å². The molecule has 14 heteroatoms. The Bertz CT molecular complexity index is 1790. The van der Waals surface area contributed by atoms with E-state index in [9.17, 15) is 14.0 Å². The highest BCUT2D eigenvalue weighted by molar-refractivity contribution is 7.14. The van der Waals surface area contributed by atoms with Crippen molar-refractivity contribution in [2.24, 2.45) is 7.05 Å². The van der Waals surface area contributed by atoms with Crippen LogP contribution in [0, 0.1) is 21.4 Å². The number of pyridine rings is 2. The number of hydrogen-bond donors (Lipinski definition) is 5. The highest BCUT2D eigenvalue weighted by atomic mass is 32.1. The molecule has 0 spiro atoms. The van der Waals surface area contributed by atoms with Crippen molar-refractivity contribution >= 4 is 51.1 Å². The first-order valence-corrected chi connectivity index (χ1v) is 16.0. The summed E-state index contributed by atoms with van der Waals surface area (Å²) in [6, 6.07) is 3.56. The van der Waals surface area contributed by atoms with Crippen LogP contribution in [0.2, 0.25) is 0 Å². The fraction of sp³-hybridized carbons (Fsp3) is 0.367. The largest absolute Gasteiger partial charge is 0.333 e. The summed E-state index contributed by atoms with van der Waals surface area (Å²) in [7, 11) is 1.80. The summed E-state index contributed by atoms with van der Waals surface area (Å²) in [6.07, 6.45) is 9.78. The standard InChI is InChI=1S/C14H15N5OS.C13H13FN4OS.C3H8/c1-8-2-3-11-9(8)6-10(12(16)19(11)7-15)13(20)18-14-17-4-5-21-14;1-18-9-4-2-3-7(9)5-8(11(18)15)12(19)17-13-16-6-10(14)20-13;1-3-2/h4-8,15-16H,2-3H2,1H3,(H,17,18,20);5-6,15H,2-4H2,1H3,(H,16,17,19);3H2,1-2H3. The molecule has 6 rings (SSSR count). The molecule has 4 aromatic heterocycles. The van der Waals surface area contributed by atoms with Crippen LogP contribution in [0.15, 0.2) is 29.9 Å². The lowest BCUT2D eigenvalue weighted by molar-refractivity contribution is 0.101. The molecule has 1 atom stereocenters. The zero-order valence-electron chi connectivity index (χ0n) is 25.1. The predicted octanol–water partition coefficient (Wildman–Crippen LogP) is 5.44. The van der Waals surface area contributed by atoms with E-state index in [4.69, 9.17) is 16.2 Å². The number of hydrogen-bond acceptors (Lipinski definition) is 9. The first-order chi connectivity index (χ1) is 21.1. The zero-order chi connectivity index (χ0) is 32.0. The predicted molar refractivity (Wildman–Crippen MR) is 171 cm³/mol. The lowest BCUT2D eigenvalue weighted by Crippen LogP contribution is -2.31. The number of anilines is 2. The second-order valence-electron chi connectivity index (χ2n) is 10.5. The quantitative estimate of drug-likeness (QED) is 0.145. The van der Waals surface area contributed by atoms with E-state index in [1.807, 2.05) is 0 Å². The number of carbonyl (C=O) groups is 2. The SMILES string of the molecule is CC1CCc2c1cc(C(=O)Nc1nccs1)c(=N)n2C=N.CCC.Cn1c2c(cc(C(=O)Nc3ncc(F)s3)c1=N)CCC2. The Hall–Kier alpha value is -4.30. The van der Waals surface area contributed by atoms with Gasteiger partial charge in [0.15, 0.2) is 15.4 Å². The van der Waals surface area contributed by atoms with Gasteiger partial charge in [0.05, 0.1) is 23.7 Å². The van der Waals surface area contributed by atoms with Gasteiger partial charge < -0.3 is 4.57 Å². The van der Waals surface area contributed by atoms with Crippen molar-refractivity contribution in [3.63, 3.8) is 0 Å². The number of amides is 2. The van der Waals surface area contributed by atoms with Crippen LogP contribution in [0.1, 0.15) is 89.2 Å². The van der Waals surface area contributed by atoms with E-state index in [1.54, 1.807) is 35.3 Å². The van der Waals surface area contributed by atoms with Gasteiger partial charge in [0.1, 0.15) is 11.0 Å². The Morgan fingerprint density at radius 1 is 1.05 bits per heavy atom. The Morgan fingerprint density at radius 2 is 1.73 bits per heavy atom. The van der Waals surface area contributed by atoms with Crippen molar-refractivity contribution in [1.29, 1.82) is 16.2 Å². The molecule has 0 radical (unpaired) electrons. The minimum absolute atomic E-state index is 0.0481. The van der Waals surface area contributed by atoms with Gasteiger partial charge in [-0.15, -0.1) is 11.3 Å². The van der Waals surface area contributed by atoms with Gasteiger partial charge in [-0.05, 0) is 61.3 Å². The Kier molecular flexibility index (Phi) is 10.7. The second kappa shape index (κ2) is 14.4. The summed E-state index contributed by atoms with van der Waals surface area (Å²) in [5.41, 5.74) is 5.04. The number of nitrogens with one attached hydrogen (secondary N) is 5. The number of nitrogens with zero attached hydrogens (tertiary/aromatic N) is 4. The van der Waals surface area contributed by atoms with Crippen LogP contribution >= 0.6 is 22.7 Å². The maximum atomic E-state index is 12.9. The highest BCUT2D eigenvalue weighted by Gasteiger charge is 2.25. The second-order valence-corrected chi connectivity index (χ2v) is 12.3. The highest BCUT2D eigenvalue weighted by Crippen LogP contribution is 2.32. The number of thiazole rings is 2.